The molecule has 2 bridgehead atoms. The number of esters is 1. The largest absolute Gasteiger partial charge is 0.442 e. The van der Waals surface area contributed by atoms with E-state index in [2.05, 4.69) is 32.6 Å². The molecule has 0 saturated heterocycles. The third kappa shape index (κ3) is 2.69. The number of hydrogen-bond donors (Lipinski definition) is 0. The maximum Gasteiger partial charge on any atom is 0.339 e. The lowest BCUT2D eigenvalue weighted by Crippen LogP contribution is -2.49. The quantitative estimate of drug-likeness (QED) is 0.525. The zero-order valence-corrected chi connectivity index (χ0v) is 16.3. The van der Waals surface area contributed by atoms with E-state index in [0.717, 1.165) is 18.4 Å². The molecule has 0 aromatic heterocycles. The average molecular weight is 358 g/mol. The third-order valence-electron chi connectivity index (χ3n) is 7.32. The van der Waals surface area contributed by atoms with Crippen molar-refractivity contribution in [3.63, 3.8) is 0 Å². The molecule has 2 saturated carbocycles. The van der Waals surface area contributed by atoms with Crippen molar-refractivity contribution in [2.75, 3.05) is 0 Å². The van der Waals surface area contributed by atoms with Crippen LogP contribution in [-0.2, 0) is 4.74 Å². The Balaban J connectivity index is 1.76. The molecular weight excluding hydrogens is 332 g/mol. The Morgan fingerprint density at radius 1 is 1.00 bits per heavy atom. The molecule has 0 aliphatic heterocycles. The number of hydrogen-bond acceptors (Lipinski definition) is 2. The fourth-order valence-corrected chi connectivity index (χ4v) is 5.10. The molecule has 4 rings (SSSR count). The summed E-state index contributed by atoms with van der Waals surface area (Å²) in [5.41, 5.74) is 0.730. The Hall–Kier alpha value is -2.53. The van der Waals surface area contributed by atoms with Gasteiger partial charge in [0.1, 0.15) is 0 Å². The Morgan fingerprint density at radius 3 is 2.19 bits per heavy atom. The van der Waals surface area contributed by atoms with Crippen molar-refractivity contribution in [2.24, 2.45) is 16.7 Å². The van der Waals surface area contributed by atoms with Gasteiger partial charge >= 0.3 is 5.97 Å². The van der Waals surface area contributed by atoms with Crippen LogP contribution in [0.2, 0.25) is 0 Å². The molecule has 3 unspecified atom stereocenters. The number of rotatable bonds is 2. The summed E-state index contributed by atoms with van der Waals surface area (Å²) in [5.74, 6) is 7.00. The number of benzene rings is 2. The van der Waals surface area contributed by atoms with E-state index in [0.29, 0.717) is 11.5 Å². The smallest absolute Gasteiger partial charge is 0.339 e. The van der Waals surface area contributed by atoms with E-state index in [9.17, 15) is 4.79 Å². The summed E-state index contributed by atoms with van der Waals surface area (Å²) >= 11 is 0. The molecule has 2 aliphatic rings. The molecule has 138 valence electrons. The van der Waals surface area contributed by atoms with E-state index in [1.165, 1.54) is 6.42 Å². The molecule has 0 heterocycles. The maximum atomic E-state index is 13.0. The second-order valence-corrected chi connectivity index (χ2v) is 8.69. The van der Waals surface area contributed by atoms with Crippen molar-refractivity contribution in [1.82, 2.24) is 0 Å². The normalized spacial score (nSPS) is 30.4. The van der Waals surface area contributed by atoms with Crippen molar-refractivity contribution < 1.29 is 9.53 Å². The van der Waals surface area contributed by atoms with Gasteiger partial charge in [-0.25, -0.2) is 4.79 Å². The highest BCUT2D eigenvalue weighted by Crippen LogP contribution is 2.70. The predicted octanol–water partition coefficient (Wildman–Crippen LogP) is 5.48. The number of carbonyl (C=O) groups is 1. The highest BCUT2D eigenvalue weighted by molar-refractivity contribution is 5.90. The number of fused-ring (bicyclic) bond motifs is 2. The van der Waals surface area contributed by atoms with Gasteiger partial charge in [0.15, 0.2) is 5.60 Å². The highest BCUT2D eigenvalue weighted by atomic mass is 16.6. The zero-order valence-electron chi connectivity index (χ0n) is 16.3. The lowest BCUT2D eigenvalue weighted by molar-refractivity contribution is -0.0657. The molecular formula is C25H26O2. The summed E-state index contributed by atoms with van der Waals surface area (Å²) in [6.45, 7) is 6.89. The summed E-state index contributed by atoms with van der Waals surface area (Å²) in [6.07, 6.45) is 3.03. The van der Waals surface area contributed by atoms with Gasteiger partial charge in [0, 0.05) is 17.4 Å². The first-order chi connectivity index (χ1) is 12.9. The minimum absolute atomic E-state index is 0.0926. The Morgan fingerprint density at radius 2 is 1.63 bits per heavy atom. The highest BCUT2D eigenvalue weighted by Gasteiger charge is 2.70. The fraction of sp³-hybridized carbons (Fsp3) is 0.400. The molecule has 27 heavy (non-hydrogen) atoms. The summed E-state index contributed by atoms with van der Waals surface area (Å²) in [5, 5.41) is 0. The van der Waals surface area contributed by atoms with Crippen LogP contribution in [0.5, 0.6) is 0 Å². The van der Waals surface area contributed by atoms with Crippen LogP contribution in [0.1, 0.15) is 56.0 Å². The van der Waals surface area contributed by atoms with Crippen LogP contribution in [0.25, 0.3) is 0 Å². The lowest BCUT2D eigenvalue weighted by atomic mass is 9.64. The van der Waals surface area contributed by atoms with E-state index >= 15 is 0 Å². The van der Waals surface area contributed by atoms with Gasteiger partial charge < -0.3 is 4.74 Å². The number of carbonyl (C=O) groups excluding carboxylic acids is 1. The van der Waals surface area contributed by atoms with Gasteiger partial charge in [0.2, 0.25) is 0 Å². The molecule has 2 nitrogen and oxygen atoms in total. The summed E-state index contributed by atoms with van der Waals surface area (Å²) in [7, 11) is 0. The van der Waals surface area contributed by atoms with E-state index in [-0.39, 0.29) is 16.8 Å². The monoisotopic (exact) mass is 358 g/mol. The van der Waals surface area contributed by atoms with Crippen molar-refractivity contribution >= 4 is 5.97 Å². The van der Waals surface area contributed by atoms with Crippen molar-refractivity contribution in [2.45, 2.75) is 45.6 Å². The zero-order chi connectivity index (χ0) is 19.1. The standard InChI is InChI=1S/C25H26O2/c1-23(2)21-15-16-24(23,3)25(18-21,17-14-19-10-6-4-7-11-19)27-22(26)20-12-8-5-9-13-20/h4-13,21H,15-16,18H2,1-3H3. The van der Waals surface area contributed by atoms with Crippen molar-refractivity contribution in [1.29, 1.82) is 0 Å². The van der Waals surface area contributed by atoms with E-state index < -0.39 is 5.60 Å². The van der Waals surface area contributed by atoms with Crippen molar-refractivity contribution in [3.8, 4) is 11.8 Å². The van der Waals surface area contributed by atoms with Gasteiger partial charge in [-0.3, -0.25) is 0 Å². The van der Waals surface area contributed by atoms with Crippen LogP contribution in [0.15, 0.2) is 60.7 Å². The first kappa shape index (κ1) is 17.9. The second-order valence-electron chi connectivity index (χ2n) is 8.69. The number of ether oxygens (including phenoxy) is 1. The predicted molar refractivity (Wildman–Crippen MR) is 107 cm³/mol. The molecule has 0 N–H and O–H groups in total. The molecule has 2 heteroatoms. The van der Waals surface area contributed by atoms with Gasteiger partial charge in [-0.2, -0.15) is 0 Å². The molecule has 3 atom stereocenters. The van der Waals surface area contributed by atoms with E-state index in [1.54, 1.807) is 12.1 Å². The molecule has 0 spiro atoms. The van der Waals surface area contributed by atoms with E-state index in [1.807, 2.05) is 48.5 Å². The van der Waals surface area contributed by atoms with Gasteiger partial charge in [-0.15, -0.1) is 0 Å². The summed E-state index contributed by atoms with van der Waals surface area (Å²) in [6, 6.07) is 19.2. The Labute approximate surface area is 161 Å². The van der Waals surface area contributed by atoms with Crippen LogP contribution < -0.4 is 0 Å². The topological polar surface area (TPSA) is 26.3 Å². The van der Waals surface area contributed by atoms with Gasteiger partial charge in [-0.05, 0) is 54.4 Å². The molecule has 2 aliphatic carbocycles. The minimum atomic E-state index is -0.748. The second kappa shape index (κ2) is 6.27. The molecule has 2 aromatic rings. The van der Waals surface area contributed by atoms with Gasteiger partial charge in [0.05, 0.1) is 5.56 Å². The molecule has 2 aromatic carbocycles. The maximum absolute atomic E-state index is 13.0. The third-order valence-corrected chi connectivity index (χ3v) is 7.32. The first-order valence-electron chi connectivity index (χ1n) is 9.75. The van der Waals surface area contributed by atoms with Crippen molar-refractivity contribution in [3.05, 3.63) is 71.8 Å². The van der Waals surface area contributed by atoms with Crippen LogP contribution in [0.4, 0.5) is 0 Å². The van der Waals surface area contributed by atoms with Crippen LogP contribution in [0, 0.1) is 28.6 Å². The Kier molecular flexibility index (Phi) is 4.15. The van der Waals surface area contributed by atoms with Gasteiger partial charge in [-0.1, -0.05) is 63.1 Å². The molecule has 2 fully saturated rings. The van der Waals surface area contributed by atoms with Crippen LogP contribution in [0.3, 0.4) is 0 Å². The van der Waals surface area contributed by atoms with Crippen LogP contribution >= 0.6 is 0 Å². The summed E-state index contributed by atoms with van der Waals surface area (Å²) < 4.78 is 6.27. The summed E-state index contributed by atoms with van der Waals surface area (Å²) in [4.78, 5) is 13.0. The first-order valence-corrected chi connectivity index (χ1v) is 9.75. The Bertz CT molecular complexity index is 904. The van der Waals surface area contributed by atoms with Crippen LogP contribution in [-0.4, -0.2) is 11.6 Å². The van der Waals surface area contributed by atoms with Gasteiger partial charge in [0.25, 0.3) is 0 Å². The van der Waals surface area contributed by atoms with E-state index in [4.69, 9.17) is 4.74 Å². The molecule has 0 amide bonds. The SMILES string of the molecule is CC1(C)C2CCC1(C)C(C#Cc1ccccc1)(OC(=O)c1ccccc1)C2. The fourth-order valence-electron chi connectivity index (χ4n) is 5.10. The average Bonchev–Trinajstić information content (AvgIpc) is 3.00. The molecule has 0 radical (unpaired) electrons. The lowest BCUT2D eigenvalue weighted by Gasteiger charge is -2.44. The minimum Gasteiger partial charge on any atom is -0.442 e.